The predicted octanol–water partition coefficient (Wildman–Crippen LogP) is 2.88. The molecule has 28 heavy (non-hydrogen) atoms. The van der Waals surface area contributed by atoms with Gasteiger partial charge in [0.05, 0.1) is 18.5 Å². The van der Waals surface area contributed by atoms with E-state index in [-0.39, 0.29) is 19.0 Å². The molecule has 0 aliphatic carbocycles. The first-order valence-electron chi connectivity index (χ1n) is 9.09. The maximum Gasteiger partial charge on any atom is 0.240 e. The molecule has 0 fully saturated rings. The molecule has 1 N–H and O–H groups in total. The van der Waals surface area contributed by atoms with E-state index < -0.39 is 10.0 Å². The normalized spacial score (nSPS) is 11.2. The largest absolute Gasteiger partial charge is 0.492 e. The fraction of sp³-hybridized carbons (Fsp3) is 0.381. The van der Waals surface area contributed by atoms with Crippen molar-refractivity contribution in [2.75, 3.05) is 30.3 Å². The Morgan fingerprint density at radius 3 is 2.14 bits per heavy atom. The van der Waals surface area contributed by atoms with Crippen LogP contribution in [0.4, 0.5) is 5.69 Å². The number of carbonyl (C=O) groups is 1. The zero-order valence-corrected chi connectivity index (χ0v) is 17.9. The molecule has 0 heterocycles. The molecule has 2 aromatic rings. The first-order valence-corrected chi connectivity index (χ1v) is 10.9. The second kappa shape index (κ2) is 9.10. The van der Waals surface area contributed by atoms with E-state index in [4.69, 9.17) is 4.74 Å². The van der Waals surface area contributed by atoms with Crippen LogP contribution in [0.25, 0.3) is 0 Å². The van der Waals surface area contributed by atoms with Crippen LogP contribution in [-0.2, 0) is 14.8 Å². The topological polar surface area (TPSA) is 75.7 Å². The van der Waals surface area contributed by atoms with Crippen LogP contribution in [0.3, 0.4) is 0 Å². The van der Waals surface area contributed by atoms with Crippen molar-refractivity contribution in [2.24, 2.45) is 0 Å². The van der Waals surface area contributed by atoms with Gasteiger partial charge in [0.15, 0.2) is 0 Å². The Morgan fingerprint density at radius 2 is 1.57 bits per heavy atom. The summed E-state index contributed by atoms with van der Waals surface area (Å²) in [5.74, 6) is 0.359. The van der Waals surface area contributed by atoms with E-state index in [1.807, 2.05) is 52.0 Å². The highest BCUT2D eigenvalue weighted by Crippen LogP contribution is 2.21. The molecule has 0 atom stereocenters. The number of nitrogens with one attached hydrogen (secondary N) is 1. The summed E-state index contributed by atoms with van der Waals surface area (Å²) in [6, 6.07) is 11.1. The molecule has 0 saturated heterocycles. The number of hydrogen-bond donors (Lipinski definition) is 1. The fourth-order valence-corrected chi connectivity index (χ4v) is 3.48. The third kappa shape index (κ3) is 5.99. The summed E-state index contributed by atoms with van der Waals surface area (Å²) in [4.78, 5) is 12.3. The number of nitrogens with zero attached hydrogens (tertiary/aromatic N) is 1. The van der Waals surface area contributed by atoms with Crippen LogP contribution in [0, 0.1) is 27.7 Å². The van der Waals surface area contributed by atoms with Gasteiger partial charge in [-0.15, -0.1) is 0 Å². The van der Waals surface area contributed by atoms with Crippen molar-refractivity contribution in [3.8, 4) is 5.75 Å². The summed E-state index contributed by atoms with van der Waals surface area (Å²) in [6.45, 7) is 8.21. The molecule has 0 spiro atoms. The Hall–Kier alpha value is -2.54. The number of ether oxygens (including phenoxy) is 1. The van der Waals surface area contributed by atoms with Gasteiger partial charge in [-0.1, -0.05) is 12.1 Å². The predicted molar refractivity (Wildman–Crippen MR) is 113 cm³/mol. The van der Waals surface area contributed by atoms with Gasteiger partial charge in [-0.3, -0.25) is 9.10 Å². The van der Waals surface area contributed by atoms with Crippen LogP contribution >= 0.6 is 0 Å². The smallest absolute Gasteiger partial charge is 0.240 e. The molecule has 0 radical (unpaired) electrons. The minimum absolute atomic E-state index is 0.273. The SMILES string of the molecule is Cc1ccc(OCCNC(=O)CN(c2ccc(C)c(C)c2)S(C)(=O)=O)cc1C. The molecule has 152 valence electrons. The van der Waals surface area contributed by atoms with E-state index in [9.17, 15) is 13.2 Å². The fourth-order valence-electron chi connectivity index (χ4n) is 2.63. The molecule has 7 heteroatoms. The number of anilines is 1. The zero-order chi connectivity index (χ0) is 20.9. The molecule has 2 aromatic carbocycles. The average molecular weight is 405 g/mol. The Kier molecular flexibility index (Phi) is 7.07. The average Bonchev–Trinajstić information content (AvgIpc) is 2.61. The van der Waals surface area contributed by atoms with Crippen molar-refractivity contribution in [1.29, 1.82) is 0 Å². The number of rotatable bonds is 8. The highest BCUT2D eigenvalue weighted by Gasteiger charge is 2.21. The third-order valence-electron chi connectivity index (χ3n) is 4.64. The van der Waals surface area contributed by atoms with Crippen molar-refractivity contribution < 1.29 is 17.9 Å². The Bertz CT molecular complexity index is 955. The first-order chi connectivity index (χ1) is 13.1. The Labute approximate surface area is 167 Å². The van der Waals surface area contributed by atoms with Crippen LogP contribution in [-0.4, -0.2) is 40.3 Å². The van der Waals surface area contributed by atoms with Crippen molar-refractivity contribution in [3.63, 3.8) is 0 Å². The molecule has 6 nitrogen and oxygen atoms in total. The number of amides is 1. The standard InChI is InChI=1S/C21H28N2O4S/c1-15-6-8-19(12-17(15)3)23(28(5,25)26)14-21(24)22-10-11-27-20-9-7-16(2)18(4)13-20/h6-9,12-13H,10-11,14H2,1-5H3,(H,22,24). The summed E-state index contributed by atoms with van der Waals surface area (Å²) in [6.07, 6.45) is 1.10. The summed E-state index contributed by atoms with van der Waals surface area (Å²) in [7, 11) is -3.58. The van der Waals surface area contributed by atoms with Gasteiger partial charge >= 0.3 is 0 Å². The molecule has 0 bridgehead atoms. The number of sulfonamides is 1. The number of carbonyl (C=O) groups excluding carboxylic acids is 1. The highest BCUT2D eigenvalue weighted by molar-refractivity contribution is 7.92. The number of hydrogen-bond acceptors (Lipinski definition) is 4. The second-order valence-electron chi connectivity index (χ2n) is 6.98. The van der Waals surface area contributed by atoms with Gasteiger partial charge in [0.1, 0.15) is 18.9 Å². The van der Waals surface area contributed by atoms with Crippen LogP contribution in [0.2, 0.25) is 0 Å². The van der Waals surface area contributed by atoms with Crippen LogP contribution in [0.15, 0.2) is 36.4 Å². The third-order valence-corrected chi connectivity index (χ3v) is 5.78. The molecular weight excluding hydrogens is 376 g/mol. The maximum atomic E-state index is 12.3. The van der Waals surface area contributed by atoms with Gasteiger partial charge in [-0.2, -0.15) is 0 Å². The van der Waals surface area contributed by atoms with Crippen molar-refractivity contribution in [1.82, 2.24) is 5.32 Å². The molecule has 0 aromatic heterocycles. The molecular formula is C21H28N2O4S. The maximum absolute atomic E-state index is 12.3. The summed E-state index contributed by atoms with van der Waals surface area (Å²) in [5.41, 5.74) is 4.83. The van der Waals surface area contributed by atoms with Gasteiger partial charge in [0.25, 0.3) is 0 Å². The van der Waals surface area contributed by atoms with E-state index in [1.54, 1.807) is 12.1 Å². The molecule has 0 unspecified atom stereocenters. The zero-order valence-electron chi connectivity index (χ0n) is 17.1. The van der Waals surface area contributed by atoms with E-state index in [1.165, 1.54) is 5.56 Å². The molecule has 2 rings (SSSR count). The quantitative estimate of drug-likeness (QED) is 0.687. The second-order valence-corrected chi connectivity index (χ2v) is 8.89. The molecule has 1 amide bonds. The summed E-state index contributed by atoms with van der Waals surface area (Å²) in [5, 5.41) is 2.71. The lowest BCUT2D eigenvalue weighted by Crippen LogP contribution is -2.41. The summed E-state index contributed by atoms with van der Waals surface area (Å²) < 4.78 is 31.1. The van der Waals surface area contributed by atoms with Crippen molar-refractivity contribution in [2.45, 2.75) is 27.7 Å². The van der Waals surface area contributed by atoms with E-state index in [0.717, 1.165) is 33.0 Å². The lowest BCUT2D eigenvalue weighted by atomic mass is 10.1. The number of benzene rings is 2. The minimum Gasteiger partial charge on any atom is -0.492 e. The van der Waals surface area contributed by atoms with Gasteiger partial charge < -0.3 is 10.1 Å². The van der Waals surface area contributed by atoms with E-state index in [2.05, 4.69) is 5.32 Å². The van der Waals surface area contributed by atoms with Crippen molar-refractivity contribution >= 4 is 21.6 Å². The minimum atomic E-state index is -3.58. The highest BCUT2D eigenvalue weighted by atomic mass is 32.2. The van der Waals surface area contributed by atoms with Gasteiger partial charge in [0, 0.05) is 0 Å². The summed E-state index contributed by atoms with van der Waals surface area (Å²) >= 11 is 0. The Balaban J connectivity index is 1.93. The van der Waals surface area contributed by atoms with Crippen LogP contribution in [0.5, 0.6) is 5.75 Å². The van der Waals surface area contributed by atoms with Gasteiger partial charge in [-0.05, 0) is 74.2 Å². The molecule has 0 saturated carbocycles. The van der Waals surface area contributed by atoms with Gasteiger partial charge in [-0.25, -0.2) is 8.42 Å². The monoisotopic (exact) mass is 404 g/mol. The lowest BCUT2D eigenvalue weighted by molar-refractivity contribution is -0.119. The lowest BCUT2D eigenvalue weighted by Gasteiger charge is -2.22. The van der Waals surface area contributed by atoms with E-state index >= 15 is 0 Å². The molecule has 0 aliphatic rings. The van der Waals surface area contributed by atoms with Crippen molar-refractivity contribution in [3.05, 3.63) is 58.7 Å². The molecule has 0 aliphatic heterocycles. The van der Waals surface area contributed by atoms with Crippen LogP contribution in [0.1, 0.15) is 22.3 Å². The van der Waals surface area contributed by atoms with Gasteiger partial charge in [0.2, 0.25) is 15.9 Å². The van der Waals surface area contributed by atoms with Crippen LogP contribution < -0.4 is 14.4 Å². The number of aryl methyl sites for hydroxylation is 4. The Morgan fingerprint density at radius 1 is 0.964 bits per heavy atom. The first kappa shape index (κ1) is 21.8. The van der Waals surface area contributed by atoms with E-state index in [0.29, 0.717) is 12.3 Å².